The van der Waals surface area contributed by atoms with Crippen molar-refractivity contribution in [1.29, 1.82) is 0 Å². The second-order valence-corrected chi connectivity index (χ2v) is 21.1. The Labute approximate surface area is 322 Å². The van der Waals surface area contributed by atoms with E-state index in [0.29, 0.717) is 5.92 Å². The van der Waals surface area contributed by atoms with Crippen molar-refractivity contribution in [3.8, 4) is 33.6 Å². The van der Waals surface area contributed by atoms with Crippen LogP contribution in [0.3, 0.4) is 0 Å². The van der Waals surface area contributed by atoms with Crippen LogP contribution in [0, 0.1) is 18.1 Å². The third-order valence-electron chi connectivity index (χ3n) is 9.97. The smallest absolute Gasteiger partial charge is 0.0799 e. The zero-order valence-electron chi connectivity index (χ0n) is 30.3. The molecule has 1 radical (unpaired) electrons. The molecular weight excluding hydrogens is 833 g/mol. The molecule has 0 bridgehead atoms. The van der Waals surface area contributed by atoms with Gasteiger partial charge >= 0.3 is 0 Å². The van der Waals surface area contributed by atoms with E-state index in [0.717, 1.165) is 28.4 Å². The third-order valence-corrected chi connectivity index (χ3v) is 13.2. The van der Waals surface area contributed by atoms with Crippen molar-refractivity contribution >= 4 is 44.8 Å². The number of aromatic nitrogens is 2. The Morgan fingerprint density at radius 1 is 0.765 bits per heavy atom. The zero-order chi connectivity index (χ0) is 34.7. The minimum Gasteiger partial charge on any atom is -0.305 e. The summed E-state index contributed by atoms with van der Waals surface area (Å²) in [6, 6.07) is 43.2. The molecule has 0 N–H and O–H groups in total. The van der Waals surface area contributed by atoms with Crippen molar-refractivity contribution in [3.63, 3.8) is 0 Å². The number of thiophene rings is 1. The summed E-state index contributed by atoms with van der Waals surface area (Å²) in [6.07, 6.45) is 10.8. The first-order chi connectivity index (χ1) is 24.2. The molecule has 2 nitrogen and oxygen atoms in total. The van der Waals surface area contributed by atoms with Gasteiger partial charge in [-0.05, 0) is 74.2 Å². The molecule has 0 spiro atoms. The van der Waals surface area contributed by atoms with E-state index in [2.05, 4.69) is 142 Å². The van der Waals surface area contributed by atoms with E-state index in [9.17, 15) is 0 Å². The predicted molar refractivity (Wildman–Crippen MR) is 218 cm³/mol. The molecule has 5 heteroatoms. The molecule has 0 atom stereocenters. The van der Waals surface area contributed by atoms with Gasteiger partial charge in [-0.25, -0.2) is 0 Å². The quantitative estimate of drug-likeness (QED) is 0.118. The van der Waals surface area contributed by atoms with Crippen molar-refractivity contribution in [2.24, 2.45) is 5.92 Å². The normalized spacial score (nSPS) is 13.3. The maximum absolute atomic E-state index is 4.75. The van der Waals surface area contributed by atoms with Gasteiger partial charge in [-0.15, -0.1) is 59.7 Å². The predicted octanol–water partition coefficient (Wildman–Crippen LogP) is 12.5. The molecule has 4 aromatic carbocycles. The summed E-state index contributed by atoms with van der Waals surface area (Å²) in [7, 11) is -1.34. The summed E-state index contributed by atoms with van der Waals surface area (Å²) in [6.45, 7) is 11.7. The van der Waals surface area contributed by atoms with Gasteiger partial charge in [0.1, 0.15) is 0 Å². The molecule has 1 aliphatic rings. The van der Waals surface area contributed by atoms with Gasteiger partial charge in [0.15, 0.2) is 0 Å². The van der Waals surface area contributed by atoms with Gasteiger partial charge in [-0.3, -0.25) is 0 Å². The van der Waals surface area contributed by atoms with Gasteiger partial charge in [0, 0.05) is 37.2 Å². The summed E-state index contributed by atoms with van der Waals surface area (Å²) in [4.78, 5) is 9.41. The Morgan fingerprint density at radius 2 is 1.55 bits per heavy atom. The SMILES string of the molecule is CC(C)c1cc(-c2[c-]cccc2)ncc1[Si](C)(C)C.[Ir].[c-]1ccc2c(sc3ccc(-c4ccccc4)cc32)c1-c1cc(CC2CCCC2)ccn1. The van der Waals surface area contributed by atoms with Crippen molar-refractivity contribution in [2.45, 2.75) is 71.5 Å². The van der Waals surface area contributed by atoms with Crippen molar-refractivity contribution in [2.75, 3.05) is 0 Å². The molecule has 3 heterocycles. The summed E-state index contributed by atoms with van der Waals surface area (Å²) in [5.41, 5.74) is 9.67. The van der Waals surface area contributed by atoms with Crippen molar-refractivity contribution in [1.82, 2.24) is 9.97 Å². The fourth-order valence-electron chi connectivity index (χ4n) is 7.30. The van der Waals surface area contributed by atoms with Crippen LogP contribution in [0.1, 0.15) is 56.6 Å². The molecule has 0 unspecified atom stereocenters. The molecule has 261 valence electrons. The Morgan fingerprint density at radius 3 is 2.27 bits per heavy atom. The van der Waals surface area contributed by atoms with Crippen LogP contribution in [0.5, 0.6) is 0 Å². The van der Waals surface area contributed by atoms with E-state index < -0.39 is 8.07 Å². The van der Waals surface area contributed by atoms with Crippen LogP contribution >= 0.6 is 11.3 Å². The largest absolute Gasteiger partial charge is 0.305 e. The molecule has 3 aromatic heterocycles. The standard InChI is InChI=1S/C29H24NS.C17H22NSi.Ir/c1-2-9-22(10-3-1)23-13-14-28-26(19-23)24-11-6-12-25(29(24)31-28)27-18-21(15-16-30-27)17-20-7-4-5-8-20;1-13(2)15-11-16(14-9-7-6-8-10-14)18-12-17(15)19(3,4)5;/h1-3,6,9-11,13-16,18-20H,4-5,7-8,17H2;6-9,11-13H,1-5H3;/q2*-1;. The molecule has 7 aromatic rings. The monoisotopic (exact) mass is 879 g/mol. The van der Waals surface area contributed by atoms with Crippen molar-refractivity contribution < 1.29 is 20.1 Å². The van der Waals surface area contributed by atoms with Gasteiger partial charge < -0.3 is 9.97 Å². The Bertz CT molecular complexity index is 2210. The number of hydrogen-bond acceptors (Lipinski definition) is 3. The topological polar surface area (TPSA) is 25.8 Å². The number of hydrogen-bond donors (Lipinski definition) is 0. The first kappa shape index (κ1) is 37.0. The fraction of sp³-hybridized carbons (Fsp3) is 0.261. The van der Waals surface area contributed by atoms with E-state index in [4.69, 9.17) is 4.98 Å². The molecule has 1 aliphatic carbocycles. The van der Waals surface area contributed by atoms with E-state index in [-0.39, 0.29) is 20.1 Å². The van der Waals surface area contributed by atoms with Gasteiger partial charge in [-0.1, -0.05) is 124 Å². The molecule has 0 amide bonds. The molecule has 0 saturated heterocycles. The van der Waals surface area contributed by atoms with E-state index in [1.807, 2.05) is 35.7 Å². The minimum absolute atomic E-state index is 0. The van der Waals surface area contributed by atoms with Gasteiger partial charge in [0.2, 0.25) is 0 Å². The van der Waals surface area contributed by atoms with Gasteiger partial charge in [0.05, 0.1) is 8.07 Å². The maximum atomic E-state index is 4.75. The Balaban J connectivity index is 0.000000194. The first-order valence-corrected chi connectivity index (χ1v) is 22.4. The average molecular weight is 879 g/mol. The maximum Gasteiger partial charge on any atom is 0.0799 e. The molecule has 1 fully saturated rings. The van der Waals surface area contributed by atoms with E-state index in [1.165, 1.54) is 79.7 Å². The summed E-state index contributed by atoms with van der Waals surface area (Å²) >= 11 is 1.85. The number of fused-ring (bicyclic) bond motifs is 3. The Kier molecular flexibility index (Phi) is 11.8. The van der Waals surface area contributed by atoms with Crippen LogP contribution in [-0.2, 0) is 26.5 Å². The third kappa shape index (κ3) is 8.50. The fourth-order valence-corrected chi connectivity index (χ4v) is 10.2. The van der Waals surface area contributed by atoms with Crippen LogP contribution < -0.4 is 5.19 Å². The van der Waals surface area contributed by atoms with Gasteiger partial charge in [0.25, 0.3) is 0 Å². The number of rotatable bonds is 7. The Hall–Kier alpha value is -3.73. The van der Waals surface area contributed by atoms with Crippen molar-refractivity contribution in [3.05, 3.63) is 139 Å². The van der Waals surface area contributed by atoms with Crippen LogP contribution in [0.15, 0.2) is 116 Å². The zero-order valence-corrected chi connectivity index (χ0v) is 34.5. The van der Waals surface area contributed by atoms with Crippen LogP contribution in [-0.4, -0.2) is 18.0 Å². The second kappa shape index (κ2) is 16.3. The minimum atomic E-state index is -1.34. The van der Waals surface area contributed by atoms with E-state index in [1.54, 1.807) is 0 Å². The van der Waals surface area contributed by atoms with E-state index >= 15 is 0 Å². The average Bonchev–Trinajstić information content (AvgIpc) is 3.79. The molecule has 1 saturated carbocycles. The first-order valence-electron chi connectivity index (χ1n) is 18.1. The second-order valence-electron chi connectivity index (χ2n) is 15.0. The molecule has 51 heavy (non-hydrogen) atoms. The number of pyridine rings is 2. The molecule has 0 aliphatic heterocycles. The number of nitrogens with zero attached hydrogens (tertiary/aromatic N) is 2. The van der Waals surface area contributed by atoms with Crippen LogP contribution in [0.25, 0.3) is 53.8 Å². The van der Waals surface area contributed by atoms with Gasteiger partial charge in [-0.2, -0.15) is 11.3 Å². The van der Waals surface area contributed by atoms with Crippen LogP contribution in [0.4, 0.5) is 0 Å². The molecular formula is C46H46IrN2SSi-2. The summed E-state index contributed by atoms with van der Waals surface area (Å²) in [5.74, 6) is 1.38. The molecule has 8 rings (SSSR count). The number of benzene rings is 4. The van der Waals surface area contributed by atoms with Crippen LogP contribution in [0.2, 0.25) is 19.6 Å². The summed E-state index contributed by atoms with van der Waals surface area (Å²) < 4.78 is 2.60. The summed E-state index contributed by atoms with van der Waals surface area (Å²) in [5, 5.41) is 4.09.